The predicted octanol–water partition coefficient (Wildman–Crippen LogP) is 1.53. The lowest BCUT2D eigenvalue weighted by molar-refractivity contribution is 0.0780. The third-order valence-electron chi connectivity index (χ3n) is 3.01. The maximum absolute atomic E-state index is 12.1. The minimum atomic E-state index is -0.149. The normalized spacial score (nSPS) is 18.4. The molecule has 1 aliphatic rings. The Labute approximate surface area is 115 Å². The first-order chi connectivity index (χ1) is 8.74. The zero-order chi connectivity index (χ0) is 12.5. The second-order valence-electron chi connectivity index (χ2n) is 4.35. The highest BCUT2D eigenvalue weighted by molar-refractivity contribution is 5.93. The highest BCUT2D eigenvalue weighted by Crippen LogP contribution is 2.21. The molecule has 1 amide bonds. The van der Waals surface area contributed by atoms with Gasteiger partial charge in [0.2, 0.25) is 5.76 Å². The molecule has 3 rings (SSSR count). The second kappa shape index (κ2) is 5.46. The molecule has 0 bridgehead atoms. The Balaban J connectivity index is 0.00000133. The monoisotopic (exact) mass is 283 g/mol. The van der Waals surface area contributed by atoms with E-state index >= 15 is 0 Å². The van der Waals surface area contributed by atoms with E-state index in [9.17, 15) is 4.79 Å². The summed E-state index contributed by atoms with van der Waals surface area (Å²) < 4.78 is 10.3. The van der Waals surface area contributed by atoms with Gasteiger partial charge in [0.05, 0.1) is 6.26 Å². The van der Waals surface area contributed by atoms with E-state index in [1.807, 2.05) is 0 Å². The highest BCUT2D eigenvalue weighted by Gasteiger charge is 2.27. The van der Waals surface area contributed by atoms with Crippen LogP contribution < -0.4 is 5.73 Å². The van der Waals surface area contributed by atoms with Crippen molar-refractivity contribution in [2.24, 2.45) is 5.73 Å². The van der Waals surface area contributed by atoms with Gasteiger partial charge in [-0.1, -0.05) is 5.16 Å². The van der Waals surface area contributed by atoms with Gasteiger partial charge < -0.3 is 19.6 Å². The third-order valence-corrected chi connectivity index (χ3v) is 3.01. The van der Waals surface area contributed by atoms with Crippen LogP contribution in [0.4, 0.5) is 0 Å². The summed E-state index contributed by atoms with van der Waals surface area (Å²) in [5.74, 6) is 0.857. The van der Waals surface area contributed by atoms with Crippen molar-refractivity contribution in [3.8, 4) is 11.5 Å². The maximum Gasteiger partial charge on any atom is 0.276 e. The lowest BCUT2D eigenvalue weighted by Gasteiger charge is -2.12. The van der Waals surface area contributed by atoms with Gasteiger partial charge in [0.25, 0.3) is 5.91 Å². The lowest BCUT2D eigenvalue weighted by atomic mass is 10.3. The number of hydrogen-bond donors (Lipinski definition) is 1. The van der Waals surface area contributed by atoms with E-state index in [0.717, 1.165) is 6.42 Å². The van der Waals surface area contributed by atoms with Crippen LogP contribution in [-0.4, -0.2) is 35.1 Å². The Kier molecular flexibility index (Phi) is 3.92. The first-order valence-corrected chi connectivity index (χ1v) is 5.79. The van der Waals surface area contributed by atoms with Crippen molar-refractivity contribution in [3.63, 3.8) is 0 Å². The van der Waals surface area contributed by atoms with E-state index < -0.39 is 0 Å². The predicted molar refractivity (Wildman–Crippen MR) is 69.9 cm³/mol. The van der Waals surface area contributed by atoms with Gasteiger partial charge in [-0.05, 0) is 18.6 Å². The van der Waals surface area contributed by atoms with Crippen LogP contribution in [-0.2, 0) is 0 Å². The van der Waals surface area contributed by atoms with Crippen molar-refractivity contribution < 1.29 is 13.7 Å². The fourth-order valence-corrected chi connectivity index (χ4v) is 2.04. The standard InChI is InChI=1S/C12H13N3O3.ClH/c13-8-3-4-15(7-8)12(16)9-6-11(18-14-9)10-2-1-5-17-10;/h1-2,5-6,8H,3-4,7,13H2;1H/t8-;/m1./s1. The van der Waals surface area contributed by atoms with E-state index in [1.165, 1.54) is 0 Å². The number of aromatic nitrogens is 1. The Hall–Kier alpha value is -1.79. The molecule has 2 N–H and O–H groups in total. The molecule has 1 saturated heterocycles. The summed E-state index contributed by atoms with van der Waals surface area (Å²) in [6, 6.07) is 5.15. The SMILES string of the molecule is Cl.N[C@@H]1CCN(C(=O)c2cc(-c3ccco3)on2)C1. The molecule has 1 aliphatic heterocycles. The number of likely N-dealkylation sites (tertiary alicyclic amines) is 1. The molecule has 1 fully saturated rings. The molecule has 7 heteroatoms. The molecule has 1 atom stereocenters. The molecule has 19 heavy (non-hydrogen) atoms. The van der Waals surface area contributed by atoms with Crippen LogP contribution in [0.5, 0.6) is 0 Å². The van der Waals surface area contributed by atoms with E-state index in [4.69, 9.17) is 14.7 Å². The molecule has 102 valence electrons. The van der Waals surface area contributed by atoms with Crippen molar-refractivity contribution in [2.75, 3.05) is 13.1 Å². The van der Waals surface area contributed by atoms with Gasteiger partial charge in [0.1, 0.15) is 0 Å². The van der Waals surface area contributed by atoms with Crippen molar-refractivity contribution >= 4 is 18.3 Å². The van der Waals surface area contributed by atoms with Gasteiger partial charge in [0.15, 0.2) is 11.5 Å². The van der Waals surface area contributed by atoms with E-state index in [2.05, 4.69) is 5.16 Å². The summed E-state index contributed by atoms with van der Waals surface area (Å²) in [7, 11) is 0. The molecule has 0 saturated carbocycles. The molecule has 0 aliphatic carbocycles. The molecule has 0 unspecified atom stereocenters. The fraction of sp³-hybridized carbons (Fsp3) is 0.333. The first-order valence-electron chi connectivity index (χ1n) is 5.79. The first kappa shape index (κ1) is 13.6. The minimum Gasteiger partial charge on any atom is -0.461 e. The summed E-state index contributed by atoms with van der Waals surface area (Å²) in [6.07, 6.45) is 2.37. The molecule has 6 nitrogen and oxygen atoms in total. The van der Waals surface area contributed by atoms with Crippen LogP contribution in [0.2, 0.25) is 0 Å². The van der Waals surface area contributed by atoms with Crippen LogP contribution in [0.25, 0.3) is 11.5 Å². The van der Waals surface area contributed by atoms with E-state index in [0.29, 0.717) is 24.6 Å². The molecule has 0 aromatic carbocycles. The number of halogens is 1. The quantitative estimate of drug-likeness (QED) is 0.903. The smallest absolute Gasteiger partial charge is 0.276 e. The van der Waals surface area contributed by atoms with Crippen molar-refractivity contribution in [1.82, 2.24) is 10.1 Å². The number of furan rings is 1. The Morgan fingerprint density at radius 1 is 1.47 bits per heavy atom. The highest BCUT2D eigenvalue weighted by atomic mass is 35.5. The van der Waals surface area contributed by atoms with E-state index in [-0.39, 0.29) is 30.0 Å². The van der Waals surface area contributed by atoms with Gasteiger partial charge in [-0.15, -0.1) is 12.4 Å². The number of carbonyl (C=O) groups excluding carboxylic acids is 1. The van der Waals surface area contributed by atoms with Gasteiger partial charge >= 0.3 is 0 Å². The number of nitrogens with two attached hydrogens (primary N) is 1. The summed E-state index contributed by atoms with van der Waals surface area (Å²) in [5, 5.41) is 3.77. The Bertz CT molecular complexity index is 552. The number of amides is 1. The zero-order valence-corrected chi connectivity index (χ0v) is 10.9. The maximum atomic E-state index is 12.1. The molecule has 2 aromatic rings. The largest absolute Gasteiger partial charge is 0.461 e. The average molecular weight is 284 g/mol. The molecule has 0 spiro atoms. The van der Waals surface area contributed by atoms with Crippen LogP contribution >= 0.6 is 12.4 Å². The van der Waals surface area contributed by atoms with Gasteiger partial charge in [-0.3, -0.25) is 4.79 Å². The van der Waals surface area contributed by atoms with Crippen molar-refractivity contribution in [3.05, 3.63) is 30.2 Å². The number of rotatable bonds is 2. The van der Waals surface area contributed by atoms with Crippen LogP contribution in [0.1, 0.15) is 16.9 Å². The Morgan fingerprint density at radius 2 is 2.32 bits per heavy atom. The topological polar surface area (TPSA) is 85.5 Å². The summed E-state index contributed by atoms with van der Waals surface area (Å²) in [5.41, 5.74) is 6.06. The number of nitrogens with zero attached hydrogens (tertiary/aromatic N) is 2. The summed E-state index contributed by atoms with van der Waals surface area (Å²) >= 11 is 0. The lowest BCUT2D eigenvalue weighted by Crippen LogP contribution is -2.32. The minimum absolute atomic E-state index is 0. The second-order valence-corrected chi connectivity index (χ2v) is 4.35. The average Bonchev–Trinajstić information content (AvgIpc) is 3.09. The number of hydrogen-bond acceptors (Lipinski definition) is 5. The number of carbonyl (C=O) groups is 1. The van der Waals surface area contributed by atoms with Crippen LogP contribution in [0.15, 0.2) is 33.4 Å². The summed E-state index contributed by atoms with van der Waals surface area (Å²) in [4.78, 5) is 13.8. The molecule has 3 heterocycles. The Morgan fingerprint density at radius 3 is 2.95 bits per heavy atom. The fourth-order valence-electron chi connectivity index (χ4n) is 2.04. The van der Waals surface area contributed by atoms with Crippen molar-refractivity contribution in [1.29, 1.82) is 0 Å². The van der Waals surface area contributed by atoms with E-state index in [1.54, 1.807) is 29.4 Å². The van der Waals surface area contributed by atoms with Crippen molar-refractivity contribution in [2.45, 2.75) is 12.5 Å². The van der Waals surface area contributed by atoms with Crippen LogP contribution in [0.3, 0.4) is 0 Å². The molecular formula is C12H14ClN3O3. The van der Waals surface area contributed by atoms with Gasteiger partial charge in [-0.25, -0.2) is 0 Å². The molecule has 2 aromatic heterocycles. The third kappa shape index (κ3) is 2.64. The molecule has 0 radical (unpaired) electrons. The molecular weight excluding hydrogens is 270 g/mol. The van der Waals surface area contributed by atoms with Crippen LogP contribution in [0, 0.1) is 0 Å². The van der Waals surface area contributed by atoms with Gasteiger partial charge in [-0.2, -0.15) is 0 Å². The summed E-state index contributed by atoms with van der Waals surface area (Å²) in [6.45, 7) is 1.24. The zero-order valence-electron chi connectivity index (χ0n) is 10.1. The van der Waals surface area contributed by atoms with Gasteiger partial charge in [0, 0.05) is 25.2 Å².